The van der Waals surface area contributed by atoms with E-state index in [2.05, 4.69) is 0 Å². The fourth-order valence-corrected chi connectivity index (χ4v) is 2.92. The SMILES string of the molecule is COc1ccc([C@@H](C)N(C(=O)c2ccccc2)C(=O)c2ccccc2)cc1. The number of imide groups is 1. The first kappa shape index (κ1) is 18.4. The zero-order valence-corrected chi connectivity index (χ0v) is 15.3. The Hall–Kier alpha value is -3.40. The Morgan fingerprint density at radius 2 is 1.19 bits per heavy atom. The lowest BCUT2D eigenvalue weighted by molar-refractivity contribution is 0.0555. The average Bonchev–Trinajstić information content (AvgIpc) is 2.75. The molecule has 0 fully saturated rings. The highest BCUT2D eigenvalue weighted by molar-refractivity contribution is 6.10. The van der Waals surface area contributed by atoms with E-state index < -0.39 is 6.04 Å². The van der Waals surface area contributed by atoms with Crippen LogP contribution in [0.5, 0.6) is 5.75 Å². The second kappa shape index (κ2) is 8.32. The Bertz CT molecular complexity index is 854. The third-order valence-electron chi connectivity index (χ3n) is 4.46. The van der Waals surface area contributed by atoms with Gasteiger partial charge in [-0.3, -0.25) is 14.5 Å². The van der Waals surface area contributed by atoms with Crippen LogP contribution in [0.3, 0.4) is 0 Å². The van der Waals surface area contributed by atoms with Crippen LogP contribution >= 0.6 is 0 Å². The normalized spacial score (nSPS) is 11.5. The molecular formula is C23H21NO3. The van der Waals surface area contributed by atoms with Crippen molar-refractivity contribution in [1.82, 2.24) is 4.90 Å². The first-order chi connectivity index (χ1) is 13.1. The molecule has 4 heteroatoms. The molecule has 0 heterocycles. The molecule has 0 aromatic heterocycles. The summed E-state index contributed by atoms with van der Waals surface area (Å²) < 4.78 is 5.20. The summed E-state index contributed by atoms with van der Waals surface area (Å²) in [4.78, 5) is 27.7. The summed E-state index contributed by atoms with van der Waals surface area (Å²) >= 11 is 0. The Morgan fingerprint density at radius 3 is 1.59 bits per heavy atom. The molecule has 0 spiro atoms. The van der Waals surface area contributed by atoms with Gasteiger partial charge in [-0.1, -0.05) is 48.5 Å². The van der Waals surface area contributed by atoms with Gasteiger partial charge in [0.25, 0.3) is 11.8 Å². The minimum Gasteiger partial charge on any atom is -0.497 e. The summed E-state index contributed by atoms with van der Waals surface area (Å²) in [6.07, 6.45) is 0. The molecular weight excluding hydrogens is 338 g/mol. The van der Waals surface area contributed by atoms with Crippen molar-refractivity contribution in [3.05, 3.63) is 102 Å². The van der Waals surface area contributed by atoms with E-state index in [-0.39, 0.29) is 11.8 Å². The lowest BCUT2D eigenvalue weighted by Crippen LogP contribution is -2.39. The lowest BCUT2D eigenvalue weighted by Gasteiger charge is -2.28. The monoisotopic (exact) mass is 359 g/mol. The van der Waals surface area contributed by atoms with Crippen LogP contribution in [0.15, 0.2) is 84.9 Å². The van der Waals surface area contributed by atoms with E-state index in [1.807, 2.05) is 43.3 Å². The second-order valence-electron chi connectivity index (χ2n) is 6.16. The molecule has 0 radical (unpaired) electrons. The van der Waals surface area contributed by atoms with Gasteiger partial charge in [-0.25, -0.2) is 0 Å². The lowest BCUT2D eigenvalue weighted by atomic mass is 10.0. The molecule has 0 saturated carbocycles. The van der Waals surface area contributed by atoms with E-state index in [1.165, 1.54) is 4.90 Å². The third-order valence-corrected chi connectivity index (χ3v) is 4.46. The van der Waals surface area contributed by atoms with Crippen molar-refractivity contribution in [2.45, 2.75) is 13.0 Å². The summed E-state index contributed by atoms with van der Waals surface area (Å²) in [5.41, 5.74) is 1.80. The highest BCUT2D eigenvalue weighted by Crippen LogP contribution is 2.26. The van der Waals surface area contributed by atoms with Gasteiger partial charge in [0.05, 0.1) is 13.2 Å². The van der Waals surface area contributed by atoms with Crippen molar-refractivity contribution >= 4 is 11.8 Å². The van der Waals surface area contributed by atoms with Gasteiger partial charge in [-0.15, -0.1) is 0 Å². The predicted molar refractivity (Wildman–Crippen MR) is 105 cm³/mol. The molecule has 3 aromatic rings. The van der Waals surface area contributed by atoms with Crippen LogP contribution in [0.4, 0.5) is 0 Å². The first-order valence-corrected chi connectivity index (χ1v) is 8.73. The van der Waals surface area contributed by atoms with Gasteiger partial charge in [0.15, 0.2) is 0 Å². The molecule has 0 aliphatic carbocycles. The second-order valence-corrected chi connectivity index (χ2v) is 6.16. The van der Waals surface area contributed by atoms with Crippen molar-refractivity contribution in [2.75, 3.05) is 7.11 Å². The van der Waals surface area contributed by atoms with Gasteiger partial charge in [0.1, 0.15) is 5.75 Å². The van der Waals surface area contributed by atoms with Crippen LogP contribution in [-0.4, -0.2) is 23.8 Å². The van der Waals surface area contributed by atoms with Gasteiger partial charge in [0, 0.05) is 11.1 Å². The zero-order chi connectivity index (χ0) is 19.2. The van der Waals surface area contributed by atoms with E-state index in [0.29, 0.717) is 11.1 Å². The number of hydrogen-bond acceptors (Lipinski definition) is 3. The van der Waals surface area contributed by atoms with E-state index in [1.54, 1.807) is 55.6 Å². The molecule has 0 N–H and O–H groups in total. The van der Waals surface area contributed by atoms with Crippen LogP contribution in [0.1, 0.15) is 39.2 Å². The first-order valence-electron chi connectivity index (χ1n) is 8.73. The quantitative estimate of drug-likeness (QED) is 0.618. The van der Waals surface area contributed by atoms with Crippen LogP contribution in [-0.2, 0) is 0 Å². The summed E-state index contributed by atoms with van der Waals surface area (Å²) in [5.74, 6) is 0.0711. The Kier molecular flexibility index (Phi) is 5.67. The molecule has 136 valence electrons. The van der Waals surface area contributed by atoms with Crippen LogP contribution in [0, 0.1) is 0 Å². The van der Waals surface area contributed by atoms with Crippen molar-refractivity contribution in [3.8, 4) is 5.75 Å². The van der Waals surface area contributed by atoms with Crippen LogP contribution < -0.4 is 4.74 Å². The molecule has 0 aliphatic heterocycles. The van der Waals surface area contributed by atoms with E-state index in [0.717, 1.165) is 11.3 Å². The fourth-order valence-electron chi connectivity index (χ4n) is 2.92. The standard InChI is InChI=1S/C23H21NO3/c1-17(18-13-15-21(27-2)16-14-18)24(22(25)19-9-5-3-6-10-19)23(26)20-11-7-4-8-12-20/h3-17H,1-2H3/t17-/m1/s1. The van der Waals surface area contributed by atoms with E-state index in [9.17, 15) is 9.59 Å². The Morgan fingerprint density at radius 1 is 0.741 bits per heavy atom. The number of nitrogens with zero attached hydrogens (tertiary/aromatic N) is 1. The average molecular weight is 359 g/mol. The van der Waals surface area contributed by atoms with Gasteiger partial charge < -0.3 is 4.74 Å². The minimum absolute atomic E-state index is 0.326. The van der Waals surface area contributed by atoms with Crippen LogP contribution in [0.25, 0.3) is 0 Å². The van der Waals surface area contributed by atoms with Gasteiger partial charge >= 0.3 is 0 Å². The number of hydrogen-bond donors (Lipinski definition) is 0. The van der Waals surface area contributed by atoms with Crippen molar-refractivity contribution in [2.24, 2.45) is 0 Å². The molecule has 0 bridgehead atoms. The molecule has 4 nitrogen and oxygen atoms in total. The van der Waals surface area contributed by atoms with Gasteiger partial charge in [-0.05, 0) is 48.9 Å². The van der Waals surface area contributed by atoms with Crippen molar-refractivity contribution < 1.29 is 14.3 Å². The van der Waals surface area contributed by atoms with Gasteiger partial charge in [0.2, 0.25) is 0 Å². The van der Waals surface area contributed by atoms with Gasteiger partial charge in [-0.2, -0.15) is 0 Å². The number of benzene rings is 3. The van der Waals surface area contributed by atoms with Crippen molar-refractivity contribution in [1.29, 1.82) is 0 Å². The molecule has 27 heavy (non-hydrogen) atoms. The van der Waals surface area contributed by atoms with Crippen molar-refractivity contribution in [3.63, 3.8) is 0 Å². The molecule has 0 aliphatic rings. The van der Waals surface area contributed by atoms with E-state index in [4.69, 9.17) is 4.74 Å². The van der Waals surface area contributed by atoms with E-state index >= 15 is 0 Å². The smallest absolute Gasteiger partial charge is 0.261 e. The number of ether oxygens (including phenoxy) is 1. The minimum atomic E-state index is -0.434. The number of carbonyl (C=O) groups is 2. The summed E-state index contributed by atoms with van der Waals surface area (Å²) in [5, 5.41) is 0. The number of amides is 2. The predicted octanol–water partition coefficient (Wildman–Crippen LogP) is 4.74. The number of rotatable bonds is 5. The summed E-state index contributed by atoms with van der Waals surface area (Å²) in [6, 6.07) is 24.6. The molecule has 2 amide bonds. The molecule has 3 rings (SSSR count). The molecule has 0 saturated heterocycles. The molecule has 1 atom stereocenters. The van der Waals surface area contributed by atoms with Crippen LogP contribution in [0.2, 0.25) is 0 Å². The number of methoxy groups -OCH3 is 1. The topological polar surface area (TPSA) is 46.6 Å². The zero-order valence-electron chi connectivity index (χ0n) is 15.3. The molecule has 3 aromatic carbocycles. The highest BCUT2D eigenvalue weighted by atomic mass is 16.5. The maximum Gasteiger partial charge on any atom is 0.261 e. The Balaban J connectivity index is 2.00. The largest absolute Gasteiger partial charge is 0.497 e. The fraction of sp³-hybridized carbons (Fsp3) is 0.130. The molecule has 0 unspecified atom stereocenters. The summed E-state index contributed by atoms with van der Waals surface area (Å²) in [7, 11) is 1.60. The maximum atomic E-state index is 13.2. The maximum absolute atomic E-state index is 13.2. The number of carbonyl (C=O) groups excluding carboxylic acids is 2. The highest BCUT2D eigenvalue weighted by Gasteiger charge is 2.29. The summed E-state index contributed by atoms with van der Waals surface area (Å²) in [6.45, 7) is 1.85. The Labute approximate surface area is 159 Å². The third kappa shape index (κ3) is 4.06.